The lowest BCUT2D eigenvalue weighted by Gasteiger charge is -2.13. The van der Waals surface area contributed by atoms with Crippen LogP contribution in [0.2, 0.25) is 0 Å². The van der Waals surface area contributed by atoms with E-state index in [-0.39, 0.29) is 0 Å². The number of allylic oxidation sites excluding steroid dienone is 2. The quantitative estimate of drug-likeness (QED) is 0.731. The Morgan fingerprint density at radius 1 is 1.18 bits per heavy atom. The van der Waals surface area contributed by atoms with Crippen LogP contribution in [0.3, 0.4) is 0 Å². The number of aryl methyl sites for hydroxylation is 1. The van der Waals surface area contributed by atoms with Crippen molar-refractivity contribution >= 4 is 31.9 Å². The van der Waals surface area contributed by atoms with E-state index in [1.807, 2.05) is 48.7 Å². The first kappa shape index (κ1) is 19.8. The number of benzene rings is 1. The van der Waals surface area contributed by atoms with Gasteiger partial charge in [-0.3, -0.25) is 0 Å². The number of rotatable bonds is 7. The Morgan fingerprint density at radius 3 is 2.61 bits per heavy atom. The van der Waals surface area contributed by atoms with Crippen molar-refractivity contribution in [1.29, 1.82) is 0 Å². The van der Waals surface area contributed by atoms with E-state index in [0.29, 0.717) is 18.0 Å². The number of nitrogens with zero attached hydrogens (tertiary/aromatic N) is 1. The molecular weight excluding hydrogens is 349 g/mol. The highest BCUT2D eigenvalue weighted by Crippen LogP contribution is 2.29. The van der Waals surface area contributed by atoms with Crippen molar-refractivity contribution in [2.75, 3.05) is 20.8 Å². The molecule has 0 bridgehead atoms. The molecule has 1 aliphatic rings. The lowest BCUT2D eigenvalue weighted by atomic mass is 10.0. The maximum atomic E-state index is 6.06. The molecular formula is C22H25BN3O2. The van der Waals surface area contributed by atoms with Crippen LogP contribution in [0.4, 0.5) is 0 Å². The van der Waals surface area contributed by atoms with Gasteiger partial charge in [-0.25, -0.2) is 0 Å². The number of methoxy groups -OCH3 is 2. The molecule has 0 saturated heterocycles. The first-order valence-electron chi connectivity index (χ1n) is 9.16. The number of nitrogens with one attached hydrogen (secondary N) is 1. The summed E-state index contributed by atoms with van der Waals surface area (Å²) in [7, 11) is 9.32. The third-order valence-electron chi connectivity index (χ3n) is 4.68. The first-order chi connectivity index (χ1) is 13.6. The minimum Gasteiger partial charge on any atom is -0.509 e. The number of aromatic amines is 1. The van der Waals surface area contributed by atoms with E-state index in [0.717, 1.165) is 40.2 Å². The van der Waals surface area contributed by atoms with Gasteiger partial charge in [0.15, 0.2) is 17.2 Å². The molecule has 143 valence electrons. The topological polar surface area (TPSA) is 63.3 Å². The summed E-state index contributed by atoms with van der Waals surface area (Å²) >= 11 is 0. The summed E-state index contributed by atoms with van der Waals surface area (Å²) < 4.78 is 12.3. The summed E-state index contributed by atoms with van der Waals surface area (Å²) in [6.45, 7) is 2.63. The van der Waals surface area contributed by atoms with Crippen molar-refractivity contribution in [3.63, 3.8) is 0 Å². The Morgan fingerprint density at radius 2 is 1.96 bits per heavy atom. The van der Waals surface area contributed by atoms with E-state index < -0.39 is 0 Å². The second-order valence-electron chi connectivity index (χ2n) is 6.55. The van der Waals surface area contributed by atoms with Gasteiger partial charge >= 0.3 is 0 Å². The van der Waals surface area contributed by atoms with E-state index >= 15 is 0 Å². The van der Waals surface area contributed by atoms with Gasteiger partial charge in [-0.1, -0.05) is 12.1 Å². The largest absolute Gasteiger partial charge is 0.509 e. The Bertz CT molecular complexity index is 984. The van der Waals surface area contributed by atoms with Crippen LogP contribution in [0.25, 0.3) is 17.7 Å². The summed E-state index contributed by atoms with van der Waals surface area (Å²) in [4.78, 5) is 3.50. The van der Waals surface area contributed by atoms with E-state index in [1.54, 1.807) is 18.7 Å². The lowest BCUT2D eigenvalue weighted by Crippen LogP contribution is -2.09. The molecule has 3 radical (unpaired) electrons. The fraction of sp³-hybridized carbons (Fsp3) is 0.227. The standard InChI is InChI=1S/C22H25BN3O2/c1-15-13-17(8-6-16-7-9-20(27-2)21(14-16)28-3)25-22(15)18(10-11-24)19-5-4-12-26(19)23/h4-9,12-14,25H,10-11,24H2,1-3H3/b8-6+,19-18?. The van der Waals surface area contributed by atoms with Crippen LogP contribution in [0.15, 0.2) is 42.1 Å². The van der Waals surface area contributed by atoms with Gasteiger partial charge in [0.1, 0.15) is 6.21 Å². The maximum Gasteiger partial charge on any atom is 0.161 e. The van der Waals surface area contributed by atoms with Crippen molar-refractivity contribution in [1.82, 2.24) is 4.98 Å². The summed E-state index contributed by atoms with van der Waals surface area (Å²) in [6.07, 6.45) is 10.6. The molecule has 1 aromatic carbocycles. The Labute approximate surface area is 167 Å². The molecule has 0 amide bonds. The van der Waals surface area contributed by atoms with Crippen LogP contribution in [0, 0.1) is 6.92 Å². The highest BCUT2D eigenvalue weighted by molar-refractivity contribution is 6.01. The van der Waals surface area contributed by atoms with Crippen molar-refractivity contribution in [3.8, 4) is 11.5 Å². The molecule has 0 aliphatic carbocycles. The predicted molar refractivity (Wildman–Crippen MR) is 116 cm³/mol. The van der Waals surface area contributed by atoms with Gasteiger partial charge < -0.3 is 24.7 Å². The molecule has 3 rings (SSSR count). The number of ether oxygens (including phenoxy) is 2. The monoisotopic (exact) mass is 374 g/mol. The van der Waals surface area contributed by atoms with Gasteiger partial charge in [0.05, 0.1) is 19.9 Å². The third kappa shape index (κ3) is 4.12. The minimum absolute atomic E-state index is 0.551. The molecule has 2 aromatic rings. The zero-order valence-corrected chi connectivity index (χ0v) is 16.5. The molecule has 28 heavy (non-hydrogen) atoms. The van der Waals surface area contributed by atoms with Crippen LogP contribution in [0.1, 0.15) is 28.9 Å². The summed E-state index contributed by atoms with van der Waals surface area (Å²) in [5.74, 6) is 1.42. The molecule has 0 unspecified atom stereocenters. The van der Waals surface area contributed by atoms with Crippen molar-refractivity contribution in [2.24, 2.45) is 5.73 Å². The average Bonchev–Trinajstić information content (AvgIpc) is 3.29. The Kier molecular flexibility index (Phi) is 6.21. The highest BCUT2D eigenvalue weighted by Gasteiger charge is 2.16. The Balaban J connectivity index is 1.91. The van der Waals surface area contributed by atoms with Gasteiger partial charge in [0, 0.05) is 23.4 Å². The molecule has 1 aromatic heterocycles. The van der Waals surface area contributed by atoms with Crippen molar-refractivity contribution in [2.45, 2.75) is 13.3 Å². The number of H-pyrrole nitrogens is 1. The normalized spacial score (nSPS) is 15.2. The highest BCUT2D eigenvalue weighted by atomic mass is 16.5. The van der Waals surface area contributed by atoms with Gasteiger partial charge in [-0.15, -0.1) is 7.98 Å². The molecule has 5 nitrogen and oxygen atoms in total. The van der Waals surface area contributed by atoms with Crippen LogP contribution < -0.4 is 15.2 Å². The minimum atomic E-state index is 0.551. The molecule has 0 atom stereocenters. The first-order valence-corrected chi connectivity index (χ1v) is 9.16. The zero-order chi connectivity index (χ0) is 20.1. The van der Waals surface area contributed by atoms with E-state index in [4.69, 9.17) is 23.2 Å². The molecule has 0 saturated carbocycles. The second-order valence-corrected chi connectivity index (χ2v) is 6.55. The molecule has 6 heteroatoms. The Hall–Kier alpha value is -2.99. The third-order valence-corrected chi connectivity index (χ3v) is 4.68. The number of nitrogens with two attached hydrogens (primary N) is 1. The van der Waals surface area contributed by atoms with Crippen LogP contribution in [0.5, 0.6) is 11.5 Å². The van der Waals surface area contributed by atoms with E-state index in [1.165, 1.54) is 0 Å². The number of hydrogen-bond acceptors (Lipinski definition) is 3. The van der Waals surface area contributed by atoms with Crippen LogP contribution in [-0.2, 0) is 0 Å². The fourth-order valence-electron chi connectivity index (χ4n) is 3.31. The second kappa shape index (κ2) is 8.80. The van der Waals surface area contributed by atoms with Gasteiger partial charge in [0.25, 0.3) is 0 Å². The summed E-state index contributed by atoms with van der Waals surface area (Å²) in [5, 5.41) is 0. The van der Waals surface area contributed by atoms with E-state index in [2.05, 4.69) is 18.0 Å². The molecule has 0 fully saturated rings. The van der Waals surface area contributed by atoms with Gasteiger partial charge in [0.2, 0.25) is 0 Å². The average molecular weight is 374 g/mol. The number of hydrogen-bond donors (Lipinski definition) is 2. The van der Waals surface area contributed by atoms with Crippen LogP contribution in [-0.4, -0.2) is 44.4 Å². The summed E-state index contributed by atoms with van der Waals surface area (Å²) in [5.41, 5.74) is 12.2. The smallest absolute Gasteiger partial charge is 0.161 e. The summed E-state index contributed by atoms with van der Waals surface area (Å²) in [6, 6.07) is 7.94. The fourth-order valence-corrected chi connectivity index (χ4v) is 3.31. The maximum absolute atomic E-state index is 6.06. The molecule has 0 spiro atoms. The zero-order valence-electron chi connectivity index (χ0n) is 16.5. The predicted octanol–water partition coefficient (Wildman–Crippen LogP) is 3.31. The SMILES string of the molecule is [B-][N+]1=CC=CC1=C(CCN)c1[nH]c(/C=C/c2ccc(OC)c(OC)c2)cc1C. The molecule has 1 aliphatic heterocycles. The molecule has 3 N–H and O–H groups in total. The van der Waals surface area contributed by atoms with Gasteiger partial charge in [-0.2, -0.15) is 0 Å². The molecule has 2 heterocycles. The van der Waals surface area contributed by atoms with Crippen LogP contribution >= 0.6 is 0 Å². The lowest BCUT2D eigenvalue weighted by molar-refractivity contribution is -0.294. The van der Waals surface area contributed by atoms with E-state index in [9.17, 15) is 0 Å². The number of aromatic nitrogens is 1. The van der Waals surface area contributed by atoms with Gasteiger partial charge in [-0.05, 0) is 55.3 Å². The van der Waals surface area contributed by atoms with Crippen molar-refractivity contribution in [3.05, 3.63) is 64.6 Å². The van der Waals surface area contributed by atoms with Crippen molar-refractivity contribution < 1.29 is 14.0 Å².